The van der Waals surface area contributed by atoms with Crippen molar-refractivity contribution >= 4 is 23.1 Å². The SMILES string of the molecule is CCOc1nn(CCO)c2c1/C=C/c1[nH]nc3c(C)nc(cc13)-c1c(COC)nn(C)c1O[C@@H](C)[C@@H](C)N(CC)C2. The molecule has 5 heterocycles. The molecule has 0 spiro atoms. The molecular formula is C29H40N8O4. The third kappa shape index (κ3) is 5.34. The molecule has 1 aliphatic heterocycles. The van der Waals surface area contributed by atoms with Gasteiger partial charge in [-0.2, -0.15) is 10.2 Å². The fraction of sp³-hybridized carbons (Fsp3) is 0.517. The number of hydrogen-bond donors (Lipinski definition) is 2. The van der Waals surface area contributed by atoms with Crippen molar-refractivity contribution in [1.82, 2.24) is 39.6 Å². The molecule has 4 aromatic heterocycles. The number of aliphatic hydroxyl groups excluding tert-OH is 1. The molecule has 5 rings (SSSR count). The summed E-state index contributed by atoms with van der Waals surface area (Å²) in [4.78, 5) is 7.27. The summed E-state index contributed by atoms with van der Waals surface area (Å²) in [5.41, 5.74) is 6.56. The monoisotopic (exact) mass is 564 g/mol. The van der Waals surface area contributed by atoms with Crippen molar-refractivity contribution in [1.29, 1.82) is 0 Å². The Bertz CT molecular complexity index is 1550. The number of likely N-dealkylation sites (N-methyl/N-ethyl adjacent to an activating group) is 1. The first-order chi connectivity index (χ1) is 19.8. The van der Waals surface area contributed by atoms with E-state index in [2.05, 4.69) is 35.9 Å². The molecule has 12 nitrogen and oxygen atoms in total. The lowest BCUT2D eigenvalue weighted by Crippen LogP contribution is -2.43. The average Bonchev–Trinajstić information content (AvgIpc) is 3.59. The largest absolute Gasteiger partial charge is 0.476 e. The van der Waals surface area contributed by atoms with Crippen molar-refractivity contribution in [3.63, 3.8) is 0 Å². The lowest BCUT2D eigenvalue weighted by Gasteiger charge is -2.32. The first kappa shape index (κ1) is 28.8. The highest BCUT2D eigenvalue weighted by Gasteiger charge is 2.29. The van der Waals surface area contributed by atoms with Gasteiger partial charge in [0.05, 0.1) is 60.3 Å². The van der Waals surface area contributed by atoms with E-state index in [0.29, 0.717) is 38.1 Å². The molecular weight excluding hydrogens is 524 g/mol. The van der Waals surface area contributed by atoms with Gasteiger partial charge >= 0.3 is 0 Å². The molecule has 0 fully saturated rings. The first-order valence-electron chi connectivity index (χ1n) is 14.1. The van der Waals surface area contributed by atoms with Crippen LogP contribution in [-0.2, 0) is 31.5 Å². The average molecular weight is 565 g/mol. The minimum Gasteiger partial charge on any atom is -0.476 e. The lowest BCUT2D eigenvalue weighted by molar-refractivity contribution is 0.0780. The molecule has 0 aromatic carbocycles. The Hall–Kier alpha value is -3.74. The number of aromatic amines is 1. The second-order valence-electron chi connectivity index (χ2n) is 10.3. The summed E-state index contributed by atoms with van der Waals surface area (Å²) in [7, 11) is 3.54. The Morgan fingerprint density at radius 3 is 2.71 bits per heavy atom. The van der Waals surface area contributed by atoms with E-state index in [0.717, 1.165) is 57.0 Å². The Balaban J connectivity index is 1.77. The molecule has 0 saturated carbocycles. The number of methoxy groups -OCH3 is 1. The summed E-state index contributed by atoms with van der Waals surface area (Å²) in [6.45, 7) is 12.8. The van der Waals surface area contributed by atoms with Gasteiger partial charge in [0.15, 0.2) is 0 Å². The molecule has 1 aliphatic rings. The second kappa shape index (κ2) is 12.0. The maximum Gasteiger partial charge on any atom is 0.240 e. The first-order valence-corrected chi connectivity index (χ1v) is 14.1. The summed E-state index contributed by atoms with van der Waals surface area (Å²) >= 11 is 0. The van der Waals surface area contributed by atoms with E-state index < -0.39 is 0 Å². The summed E-state index contributed by atoms with van der Waals surface area (Å²) in [6.07, 6.45) is 3.83. The maximum absolute atomic E-state index is 9.83. The minimum absolute atomic E-state index is 0.0257. The van der Waals surface area contributed by atoms with Crippen molar-refractivity contribution in [2.75, 3.05) is 26.9 Å². The van der Waals surface area contributed by atoms with Crippen LogP contribution in [0.1, 0.15) is 56.0 Å². The highest BCUT2D eigenvalue weighted by atomic mass is 16.5. The lowest BCUT2D eigenvalue weighted by atomic mass is 10.1. The van der Waals surface area contributed by atoms with E-state index in [1.54, 1.807) is 11.8 Å². The highest BCUT2D eigenvalue weighted by molar-refractivity contribution is 5.93. The van der Waals surface area contributed by atoms with Gasteiger partial charge in [-0.05, 0) is 52.5 Å². The molecule has 0 saturated heterocycles. The number of nitrogens with one attached hydrogen (secondary N) is 1. The zero-order valence-electron chi connectivity index (χ0n) is 24.9. The topological polar surface area (TPSA) is 128 Å². The molecule has 220 valence electrons. The zero-order chi connectivity index (χ0) is 29.3. The van der Waals surface area contributed by atoms with Gasteiger partial charge in [0.25, 0.3) is 0 Å². The number of ether oxygens (including phenoxy) is 3. The third-order valence-corrected chi connectivity index (χ3v) is 7.74. The fourth-order valence-electron chi connectivity index (χ4n) is 5.45. The van der Waals surface area contributed by atoms with Gasteiger partial charge in [-0.25, -0.2) is 4.68 Å². The van der Waals surface area contributed by atoms with Crippen LogP contribution in [0.2, 0.25) is 0 Å². The number of hydrogen-bond acceptors (Lipinski definition) is 9. The van der Waals surface area contributed by atoms with Crippen molar-refractivity contribution in [2.24, 2.45) is 7.05 Å². The number of rotatable bonds is 7. The molecule has 2 bridgehead atoms. The van der Waals surface area contributed by atoms with Gasteiger partial charge in [-0.3, -0.25) is 19.7 Å². The van der Waals surface area contributed by atoms with Crippen LogP contribution in [0, 0.1) is 6.92 Å². The molecule has 0 unspecified atom stereocenters. The predicted molar refractivity (Wildman–Crippen MR) is 157 cm³/mol. The molecule has 41 heavy (non-hydrogen) atoms. The summed E-state index contributed by atoms with van der Waals surface area (Å²) in [5, 5.41) is 28.0. The molecule has 0 amide bonds. The van der Waals surface area contributed by atoms with E-state index in [-0.39, 0.29) is 18.8 Å². The van der Waals surface area contributed by atoms with Crippen LogP contribution >= 0.6 is 0 Å². The Morgan fingerprint density at radius 2 is 2.00 bits per heavy atom. The van der Waals surface area contributed by atoms with Crippen LogP contribution in [0.4, 0.5) is 0 Å². The highest BCUT2D eigenvalue weighted by Crippen LogP contribution is 2.37. The Labute approximate surface area is 239 Å². The molecule has 0 aliphatic carbocycles. The van der Waals surface area contributed by atoms with Crippen molar-refractivity contribution in [3.8, 4) is 23.0 Å². The number of nitrogens with zero attached hydrogens (tertiary/aromatic N) is 7. The van der Waals surface area contributed by atoms with Gasteiger partial charge < -0.3 is 19.3 Å². The van der Waals surface area contributed by atoms with E-state index in [4.69, 9.17) is 29.4 Å². The van der Waals surface area contributed by atoms with Gasteiger partial charge in [0.2, 0.25) is 11.8 Å². The quantitative estimate of drug-likeness (QED) is 0.346. The standard InChI is InChI=1S/C29H40N8O4/c1-8-36-15-25-20(28(40-9-2)34-37(25)12-13-38)10-11-22-21-14-23(30-17(3)27(21)32-31-22)26-24(16-39-7)33-35(6)29(26)41-19(5)18(36)4/h10-11,14,18-19,38H,8-9,12-13,15-16H2,1-7H3,(H,31,32)/b11-10+/t18-,19+/m1/s1. The van der Waals surface area contributed by atoms with Crippen molar-refractivity contribution in [3.05, 3.63) is 34.4 Å². The van der Waals surface area contributed by atoms with Gasteiger partial charge in [-0.1, -0.05) is 6.92 Å². The smallest absolute Gasteiger partial charge is 0.240 e. The number of fused-ring (bicyclic) bond motifs is 4. The van der Waals surface area contributed by atoms with E-state index in [9.17, 15) is 5.11 Å². The Kier molecular flexibility index (Phi) is 8.43. The van der Waals surface area contributed by atoms with Crippen LogP contribution in [-0.4, -0.2) is 83.8 Å². The number of H-pyrrole nitrogens is 1. The predicted octanol–water partition coefficient (Wildman–Crippen LogP) is 3.56. The fourth-order valence-corrected chi connectivity index (χ4v) is 5.45. The van der Waals surface area contributed by atoms with Crippen molar-refractivity contribution < 1.29 is 19.3 Å². The number of aliphatic hydroxyl groups is 1. The number of aromatic nitrogens is 7. The summed E-state index contributed by atoms with van der Waals surface area (Å²) in [6, 6.07) is 2.05. The summed E-state index contributed by atoms with van der Waals surface area (Å²) < 4.78 is 21.8. The molecule has 4 aromatic rings. The zero-order valence-corrected chi connectivity index (χ0v) is 24.9. The van der Waals surface area contributed by atoms with Crippen LogP contribution < -0.4 is 9.47 Å². The van der Waals surface area contributed by atoms with Crippen LogP contribution in [0.5, 0.6) is 11.8 Å². The number of pyridine rings is 1. The third-order valence-electron chi connectivity index (χ3n) is 7.74. The molecule has 12 heteroatoms. The molecule has 2 atom stereocenters. The van der Waals surface area contributed by atoms with Gasteiger partial charge in [0, 0.05) is 32.1 Å². The van der Waals surface area contributed by atoms with E-state index in [1.807, 2.05) is 43.8 Å². The molecule has 0 radical (unpaired) electrons. The van der Waals surface area contributed by atoms with Gasteiger partial charge in [-0.15, -0.1) is 5.10 Å². The van der Waals surface area contributed by atoms with E-state index in [1.165, 1.54) is 0 Å². The van der Waals surface area contributed by atoms with Crippen LogP contribution in [0.15, 0.2) is 6.07 Å². The second-order valence-corrected chi connectivity index (χ2v) is 10.3. The molecule has 2 N–H and O–H groups in total. The van der Waals surface area contributed by atoms with Gasteiger partial charge in [0.1, 0.15) is 17.3 Å². The van der Waals surface area contributed by atoms with Crippen LogP contribution in [0.3, 0.4) is 0 Å². The van der Waals surface area contributed by atoms with Crippen LogP contribution in [0.25, 0.3) is 34.3 Å². The van der Waals surface area contributed by atoms with E-state index >= 15 is 0 Å². The Morgan fingerprint density at radius 1 is 1.20 bits per heavy atom. The van der Waals surface area contributed by atoms with Crippen molar-refractivity contribution in [2.45, 2.75) is 66.5 Å². The number of aryl methyl sites for hydroxylation is 2. The maximum atomic E-state index is 9.83. The summed E-state index contributed by atoms with van der Waals surface area (Å²) in [5.74, 6) is 1.17. The normalized spacial score (nSPS) is 18.5. The minimum atomic E-state index is -0.196.